The summed E-state index contributed by atoms with van der Waals surface area (Å²) in [7, 11) is 3.87. The van der Waals surface area contributed by atoms with Crippen LogP contribution in [0.15, 0.2) is 27.8 Å². The number of halogens is 1. The molecule has 1 aliphatic heterocycles. The molecule has 2 N–H and O–H groups in total. The summed E-state index contributed by atoms with van der Waals surface area (Å²) in [6, 6.07) is 3.80. The minimum Gasteiger partial charge on any atom is -0.467 e. The molecule has 20 heavy (non-hydrogen) atoms. The highest BCUT2D eigenvalue weighted by molar-refractivity contribution is 14.0. The molecular weight excluding hydrogens is 371 g/mol. The monoisotopic (exact) mass is 394 g/mol. The molecule has 1 saturated heterocycles. The summed E-state index contributed by atoms with van der Waals surface area (Å²) in [4.78, 5) is 6.45. The molecule has 7 heteroatoms. The number of nitrogens with zero attached hydrogens (tertiary/aromatic N) is 2. The van der Waals surface area contributed by atoms with Gasteiger partial charge in [0.05, 0.1) is 25.5 Å². The summed E-state index contributed by atoms with van der Waals surface area (Å²) in [5, 5.41) is 6.47. The number of guanidine groups is 1. The van der Waals surface area contributed by atoms with Crippen LogP contribution < -0.4 is 10.6 Å². The number of nitrogens with one attached hydrogen (secondary N) is 2. The van der Waals surface area contributed by atoms with Crippen molar-refractivity contribution in [2.24, 2.45) is 4.99 Å². The Hall–Kier alpha value is -0.800. The molecule has 114 valence electrons. The van der Waals surface area contributed by atoms with Crippen molar-refractivity contribution in [3.63, 3.8) is 0 Å². The van der Waals surface area contributed by atoms with Gasteiger partial charge in [-0.05, 0) is 19.2 Å². The molecule has 0 radical (unpaired) electrons. The van der Waals surface area contributed by atoms with E-state index in [0.29, 0.717) is 6.54 Å². The summed E-state index contributed by atoms with van der Waals surface area (Å²) in [5.41, 5.74) is 0. The third kappa shape index (κ3) is 5.68. The molecule has 0 bridgehead atoms. The number of furan rings is 1. The zero-order valence-electron chi connectivity index (χ0n) is 12.0. The average Bonchev–Trinajstić information content (AvgIpc) is 2.92. The Kier molecular flexibility index (Phi) is 7.93. The number of hydrogen-bond donors (Lipinski definition) is 2. The van der Waals surface area contributed by atoms with Crippen LogP contribution in [0.4, 0.5) is 0 Å². The minimum atomic E-state index is 0. The van der Waals surface area contributed by atoms with E-state index in [1.807, 2.05) is 12.1 Å². The molecule has 0 aliphatic carbocycles. The van der Waals surface area contributed by atoms with Gasteiger partial charge in [0.2, 0.25) is 0 Å². The number of likely N-dealkylation sites (N-methyl/N-ethyl adjacent to an activating group) is 1. The predicted molar refractivity (Wildman–Crippen MR) is 89.6 cm³/mol. The first kappa shape index (κ1) is 17.3. The molecule has 2 rings (SSSR count). The minimum absolute atomic E-state index is 0. The maximum atomic E-state index is 5.69. The number of morpholine rings is 1. The van der Waals surface area contributed by atoms with Crippen LogP contribution >= 0.6 is 24.0 Å². The summed E-state index contributed by atoms with van der Waals surface area (Å²) in [6.45, 7) is 4.12. The van der Waals surface area contributed by atoms with Gasteiger partial charge in [-0.2, -0.15) is 0 Å². The van der Waals surface area contributed by atoms with Crippen LogP contribution in [-0.2, 0) is 11.3 Å². The first-order valence-corrected chi connectivity index (χ1v) is 6.55. The summed E-state index contributed by atoms with van der Waals surface area (Å²) in [6.07, 6.45) is 1.87. The highest BCUT2D eigenvalue weighted by Crippen LogP contribution is 2.01. The Balaban J connectivity index is 0.00000200. The van der Waals surface area contributed by atoms with Gasteiger partial charge < -0.3 is 24.7 Å². The first-order chi connectivity index (χ1) is 9.28. The van der Waals surface area contributed by atoms with Crippen molar-refractivity contribution >= 4 is 29.9 Å². The smallest absolute Gasteiger partial charge is 0.191 e. The topological polar surface area (TPSA) is 62.0 Å². The molecule has 1 aromatic heterocycles. The first-order valence-electron chi connectivity index (χ1n) is 6.55. The standard InChI is InChI=1S/C13H22N4O2.HI/c1-14-13(15-8-11-4-3-6-18-11)16-9-12-10-17(2)5-7-19-12;/h3-4,6,12H,5,7-10H2,1-2H3,(H2,14,15,16);1H. The van der Waals surface area contributed by atoms with Crippen molar-refractivity contribution in [3.8, 4) is 0 Å². The van der Waals surface area contributed by atoms with Crippen molar-refractivity contribution < 1.29 is 9.15 Å². The van der Waals surface area contributed by atoms with Crippen molar-refractivity contribution in [1.29, 1.82) is 0 Å². The maximum Gasteiger partial charge on any atom is 0.191 e. The van der Waals surface area contributed by atoms with E-state index in [1.54, 1.807) is 13.3 Å². The largest absolute Gasteiger partial charge is 0.467 e. The van der Waals surface area contributed by atoms with E-state index in [2.05, 4.69) is 27.6 Å². The quantitative estimate of drug-likeness (QED) is 0.452. The van der Waals surface area contributed by atoms with E-state index in [-0.39, 0.29) is 30.1 Å². The van der Waals surface area contributed by atoms with Gasteiger partial charge in [0.1, 0.15) is 5.76 Å². The summed E-state index contributed by atoms with van der Waals surface area (Å²) in [5.74, 6) is 1.64. The molecule has 2 heterocycles. The number of ether oxygens (including phenoxy) is 1. The van der Waals surface area contributed by atoms with Gasteiger partial charge in [-0.3, -0.25) is 4.99 Å². The van der Waals surface area contributed by atoms with E-state index in [0.717, 1.165) is 38.0 Å². The van der Waals surface area contributed by atoms with Crippen LogP contribution in [0.5, 0.6) is 0 Å². The second-order valence-corrected chi connectivity index (χ2v) is 4.64. The fraction of sp³-hybridized carbons (Fsp3) is 0.615. The number of rotatable bonds is 4. The second kappa shape index (κ2) is 9.19. The predicted octanol–water partition coefficient (Wildman–Crippen LogP) is 0.893. The van der Waals surface area contributed by atoms with Gasteiger partial charge in [-0.1, -0.05) is 0 Å². The Morgan fingerprint density at radius 3 is 3.00 bits per heavy atom. The maximum absolute atomic E-state index is 5.69. The van der Waals surface area contributed by atoms with Gasteiger partial charge in [0.15, 0.2) is 5.96 Å². The molecule has 1 atom stereocenters. The van der Waals surface area contributed by atoms with Gasteiger partial charge in [0, 0.05) is 26.7 Å². The molecule has 1 aromatic rings. The van der Waals surface area contributed by atoms with Crippen molar-refractivity contribution in [1.82, 2.24) is 15.5 Å². The van der Waals surface area contributed by atoms with Gasteiger partial charge in [0.25, 0.3) is 0 Å². The Bertz CT molecular complexity index is 397. The highest BCUT2D eigenvalue weighted by Gasteiger charge is 2.17. The lowest BCUT2D eigenvalue weighted by atomic mass is 10.3. The lowest BCUT2D eigenvalue weighted by Gasteiger charge is -2.30. The summed E-state index contributed by atoms with van der Waals surface area (Å²) < 4.78 is 10.9. The normalized spacial score (nSPS) is 20.3. The highest BCUT2D eigenvalue weighted by atomic mass is 127. The van der Waals surface area contributed by atoms with Crippen LogP contribution in [0.25, 0.3) is 0 Å². The fourth-order valence-electron chi connectivity index (χ4n) is 2.01. The third-order valence-electron chi connectivity index (χ3n) is 3.07. The molecule has 0 saturated carbocycles. The lowest BCUT2D eigenvalue weighted by Crippen LogP contribution is -2.48. The van der Waals surface area contributed by atoms with E-state index < -0.39 is 0 Å². The van der Waals surface area contributed by atoms with E-state index in [4.69, 9.17) is 9.15 Å². The van der Waals surface area contributed by atoms with Crippen molar-refractivity contribution in [3.05, 3.63) is 24.2 Å². The molecule has 0 spiro atoms. The number of aliphatic imine (C=N–C) groups is 1. The molecule has 0 aromatic carbocycles. The Labute approximate surface area is 137 Å². The van der Waals surface area contributed by atoms with Crippen LogP contribution in [0.3, 0.4) is 0 Å². The fourth-order valence-corrected chi connectivity index (χ4v) is 2.01. The van der Waals surface area contributed by atoms with Gasteiger partial charge in [-0.15, -0.1) is 24.0 Å². The van der Waals surface area contributed by atoms with Crippen LogP contribution in [0.1, 0.15) is 5.76 Å². The van der Waals surface area contributed by atoms with Crippen molar-refractivity contribution in [2.75, 3.05) is 40.3 Å². The van der Waals surface area contributed by atoms with Crippen LogP contribution in [-0.4, -0.2) is 57.3 Å². The lowest BCUT2D eigenvalue weighted by molar-refractivity contribution is -0.0161. The van der Waals surface area contributed by atoms with Gasteiger partial charge >= 0.3 is 0 Å². The molecule has 1 aliphatic rings. The molecule has 6 nitrogen and oxygen atoms in total. The van der Waals surface area contributed by atoms with E-state index >= 15 is 0 Å². The zero-order chi connectivity index (χ0) is 13.5. The van der Waals surface area contributed by atoms with E-state index in [9.17, 15) is 0 Å². The van der Waals surface area contributed by atoms with Crippen molar-refractivity contribution in [2.45, 2.75) is 12.6 Å². The van der Waals surface area contributed by atoms with Gasteiger partial charge in [-0.25, -0.2) is 0 Å². The third-order valence-corrected chi connectivity index (χ3v) is 3.07. The summed E-state index contributed by atoms with van der Waals surface area (Å²) >= 11 is 0. The SMILES string of the molecule is CN=C(NCc1ccco1)NCC1CN(C)CCO1.I. The number of hydrogen-bond acceptors (Lipinski definition) is 4. The van der Waals surface area contributed by atoms with Crippen LogP contribution in [0.2, 0.25) is 0 Å². The molecule has 0 amide bonds. The average molecular weight is 394 g/mol. The second-order valence-electron chi connectivity index (χ2n) is 4.64. The zero-order valence-corrected chi connectivity index (χ0v) is 14.3. The Morgan fingerprint density at radius 1 is 1.50 bits per heavy atom. The molecular formula is C13H23IN4O2. The van der Waals surface area contributed by atoms with E-state index in [1.165, 1.54) is 0 Å². The Morgan fingerprint density at radius 2 is 2.35 bits per heavy atom. The van der Waals surface area contributed by atoms with Crippen LogP contribution in [0, 0.1) is 0 Å². The molecule has 1 fully saturated rings. The molecule has 1 unspecified atom stereocenters.